The van der Waals surface area contributed by atoms with Gasteiger partial charge in [-0.15, -0.1) is 0 Å². The lowest BCUT2D eigenvalue weighted by molar-refractivity contribution is -0.134. The summed E-state index contributed by atoms with van der Waals surface area (Å²) in [4.78, 5) is 36.7. The quantitative estimate of drug-likeness (QED) is 0.787. The Morgan fingerprint density at radius 2 is 1.67 bits per heavy atom. The van der Waals surface area contributed by atoms with E-state index in [2.05, 4.69) is 10.9 Å². The Kier molecular flexibility index (Phi) is 4.92. The summed E-state index contributed by atoms with van der Waals surface area (Å²) >= 11 is 0. The fourth-order valence-corrected chi connectivity index (χ4v) is 2.34. The molecule has 2 N–H and O–H groups in total. The molecule has 0 aromatic heterocycles. The van der Waals surface area contributed by atoms with Crippen molar-refractivity contribution in [2.24, 2.45) is 5.92 Å². The van der Waals surface area contributed by atoms with Gasteiger partial charge in [0.25, 0.3) is 5.91 Å². The monoisotopic (exact) mass is 289 g/mol. The summed E-state index contributed by atoms with van der Waals surface area (Å²) < 4.78 is 0. The van der Waals surface area contributed by atoms with Crippen molar-refractivity contribution in [2.45, 2.75) is 19.8 Å². The van der Waals surface area contributed by atoms with E-state index in [1.807, 2.05) is 6.07 Å². The van der Waals surface area contributed by atoms with E-state index < -0.39 is 0 Å². The minimum absolute atomic E-state index is 0.0336. The normalized spacial score (nSPS) is 15.4. The molecule has 21 heavy (non-hydrogen) atoms. The van der Waals surface area contributed by atoms with Gasteiger partial charge in [0, 0.05) is 31.5 Å². The first-order valence-electron chi connectivity index (χ1n) is 6.98. The average Bonchev–Trinajstić information content (AvgIpc) is 2.53. The van der Waals surface area contributed by atoms with Crippen molar-refractivity contribution in [3.63, 3.8) is 0 Å². The van der Waals surface area contributed by atoms with E-state index in [9.17, 15) is 14.4 Å². The van der Waals surface area contributed by atoms with Crippen LogP contribution in [0.1, 0.15) is 30.1 Å². The molecule has 1 aliphatic rings. The summed E-state index contributed by atoms with van der Waals surface area (Å²) in [5.41, 5.74) is 5.35. The minimum Gasteiger partial charge on any atom is -0.343 e. The maximum atomic E-state index is 12.0. The van der Waals surface area contributed by atoms with Crippen LogP contribution < -0.4 is 10.9 Å². The SMILES string of the molecule is CC(=O)N1CCC(C(=O)NNC(=O)c2ccccc2)CC1. The van der Waals surface area contributed by atoms with Crippen molar-refractivity contribution in [3.8, 4) is 0 Å². The lowest BCUT2D eigenvalue weighted by atomic mass is 9.96. The van der Waals surface area contributed by atoms with Crippen LogP contribution in [0.2, 0.25) is 0 Å². The number of carbonyl (C=O) groups is 3. The maximum Gasteiger partial charge on any atom is 0.269 e. The number of nitrogens with zero attached hydrogens (tertiary/aromatic N) is 1. The van der Waals surface area contributed by atoms with Crippen LogP contribution in [0.3, 0.4) is 0 Å². The smallest absolute Gasteiger partial charge is 0.269 e. The molecule has 0 unspecified atom stereocenters. The zero-order valence-corrected chi connectivity index (χ0v) is 12.0. The summed E-state index contributed by atoms with van der Waals surface area (Å²) in [6.07, 6.45) is 1.24. The fourth-order valence-electron chi connectivity index (χ4n) is 2.34. The van der Waals surface area contributed by atoms with Gasteiger partial charge >= 0.3 is 0 Å². The minimum atomic E-state index is -0.342. The van der Waals surface area contributed by atoms with Crippen molar-refractivity contribution >= 4 is 17.7 Å². The first-order chi connectivity index (χ1) is 10.1. The highest BCUT2D eigenvalue weighted by atomic mass is 16.2. The Morgan fingerprint density at radius 1 is 1.05 bits per heavy atom. The van der Waals surface area contributed by atoms with Crippen LogP contribution in [-0.4, -0.2) is 35.7 Å². The predicted molar refractivity (Wildman–Crippen MR) is 77.0 cm³/mol. The van der Waals surface area contributed by atoms with Crippen LogP contribution in [0, 0.1) is 5.92 Å². The Bertz CT molecular complexity index is 522. The highest BCUT2D eigenvalue weighted by molar-refractivity contribution is 5.95. The van der Waals surface area contributed by atoms with Gasteiger partial charge in [0.15, 0.2) is 0 Å². The second kappa shape index (κ2) is 6.88. The molecule has 6 heteroatoms. The van der Waals surface area contributed by atoms with E-state index in [1.165, 1.54) is 6.92 Å². The number of hydrogen-bond donors (Lipinski definition) is 2. The lowest BCUT2D eigenvalue weighted by Gasteiger charge is -2.30. The van der Waals surface area contributed by atoms with Crippen LogP contribution in [0.4, 0.5) is 0 Å². The van der Waals surface area contributed by atoms with E-state index >= 15 is 0 Å². The Morgan fingerprint density at radius 3 is 2.24 bits per heavy atom. The summed E-state index contributed by atoms with van der Waals surface area (Å²) in [6, 6.07) is 8.68. The molecule has 1 aromatic rings. The van der Waals surface area contributed by atoms with Crippen molar-refractivity contribution in [3.05, 3.63) is 35.9 Å². The van der Waals surface area contributed by atoms with Crippen molar-refractivity contribution < 1.29 is 14.4 Å². The van der Waals surface area contributed by atoms with Gasteiger partial charge in [0.1, 0.15) is 0 Å². The van der Waals surface area contributed by atoms with E-state index in [0.717, 1.165) is 0 Å². The standard InChI is InChI=1S/C15H19N3O3/c1-11(19)18-9-7-13(8-10-18)15(21)17-16-14(20)12-5-3-2-4-6-12/h2-6,13H,7-10H2,1H3,(H,16,20)(H,17,21). The third kappa shape index (κ3) is 4.05. The molecule has 1 fully saturated rings. The molecule has 0 aliphatic carbocycles. The first kappa shape index (κ1) is 15.0. The summed E-state index contributed by atoms with van der Waals surface area (Å²) in [5, 5.41) is 0. The van der Waals surface area contributed by atoms with Gasteiger partial charge in [0.2, 0.25) is 11.8 Å². The van der Waals surface area contributed by atoms with E-state index in [0.29, 0.717) is 31.5 Å². The molecule has 1 aromatic carbocycles. The highest BCUT2D eigenvalue weighted by Gasteiger charge is 2.26. The highest BCUT2D eigenvalue weighted by Crippen LogP contribution is 2.17. The van der Waals surface area contributed by atoms with Gasteiger partial charge in [0.05, 0.1) is 0 Å². The van der Waals surface area contributed by atoms with Crippen LogP contribution in [0.25, 0.3) is 0 Å². The van der Waals surface area contributed by atoms with Gasteiger partial charge in [-0.2, -0.15) is 0 Å². The summed E-state index contributed by atoms with van der Waals surface area (Å²) in [6.45, 7) is 2.70. The van der Waals surface area contributed by atoms with Gasteiger partial charge in [-0.1, -0.05) is 18.2 Å². The number of hydrogen-bond acceptors (Lipinski definition) is 3. The zero-order chi connectivity index (χ0) is 15.2. The molecule has 3 amide bonds. The molecule has 0 saturated carbocycles. The Balaban J connectivity index is 1.78. The number of carbonyl (C=O) groups excluding carboxylic acids is 3. The van der Waals surface area contributed by atoms with Crippen LogP contribution in [0.5, 0.6) is 0 Å². The van der Waals surface area contributed by atoms with Crippen molar-refractivity contribution in [2.75, 3.05) is 13.1 Å². The molecule has 0 bridgehead atoms. The zero-order valence-electron chi connectivity index (χ0n) is 12.0. The van der Waals surface area contributed by atoms with E-state index in [-0.39, 0.29) is 23.6 Å². The van der Waals surface area contributed by atoms with Gasteiger partial charge < -0.3 is 4.90 Å². The Hall–Kier alpha value is -2.37. The molecule has 0 radical (unpaired) electrons. The van der Waals surface area contributed by atoms with Crippen LogP contribution >= 0.6 is 0 Å². The molecule has 1 saturated heterocycles. The van der Waals surface area contributed by atoms with Gasteiger partial charge in [-0.05, 0) is 25.0 Å². The van der Waals surface area contributed by atoms with E-state index in [4.69, 9.17) is 0 Å². The number of benzene rings is 1. The predicted octanol–water partition coefficient (Wildman–Crippen LogP) is 0.706. The summed E-state index contributed by atoms with van der Waals surface area (Å²) in [5.74, 6) is -0.685. The lowest BCUT2D eigenvalue weighted by Crippen LogP contribution is -2.47. The van der Waals surface area contributed by atoms with E-state index in [1.54, 1.807) is 29.2 Å². The van der Waals surface area contributed by atoms with Crippen molar-refractivity contribution in [1.82, 2.24) is 15.8 Å². The number of piperidine rings is 1. The van der Waals surface area contributed by atoms with Crippen LogP contribution in [-0.2, 0) is 9.59 Å². The third-order valence-corrected chi connectivity index (χ3v) is 3.65. The Labute approximate surface area is 123 Å². The fraction of sp³-hybridized carbons (Fsp3) is 0.400. The molecular formula is C15H19N3O3. The molecule has 0 spiro atoms. The molecule has 0 atom stereocenters. The average molecular weight is 289 g/mol. The number of nitrogens with one attached hydrogen (secondary N) is 2. The molecule has 112 valence electrons. The number of rotatable bonds is 2. The maximum absolute atomic E-state index is 12.0. The second-order valence-corrected chi connectivity index (χ2v) is 5.09. The molecular weight excluding hydrogens is 270 g/mol. The van der Waals surface area contributed by atoms with Gasteiger partial charge in [-0.3, -0.25) is 25.2 Å². The van der Waals surface area contributed by atoms with Crippen LogP contribution in [0.15, 0.2) is 30.3 Å². The molecule has 1 heterocycles. The largest absolute Gasteiger partial charge is 0.343 e. The molecule has 1 aliphatic heterocycles. The molecule has 2 rings (SSSR count). The first-order valence-corrected chi connectivity index (χ1v) is 6.98. The van der Waals surface area contributed by atoms with Gasteiger partial charge in [-0.25, -0.2) is 0 Å². The van der Waals surface area contributed by atoms with Crippen molar-refractivity contribution in [1.29, 1.82) is 0 Å². The summed E-state index contributed by atoms with van der Waals surface area (Å²) in [7, 11) is 0. The second-order valence-electron chi connectivity index (χ2n) is 5.09. The number of amides is 3. The number of hydrazine groups is 1. The number of likely N-dealkylation sites (tertiary alicyclic amines) is 1. The topological polar surface area (TPSA) is 78.5 Å². The third-order valence-electron chi connectivity index (χ3n) is 3.65. The molecule has 6 nitrogen and oxygen atoms in total.